The van der Waals surface area contributed by atoms with E-state index in [2.05, 4.69) is 4.90 Å². The van der Waals surface area contributed by atoms with Crippen molar-refractivity contribution in [1.82, 2.24) is 4.90 Å². The summed E-state index contributed by atoms with van der Waals surface area (Å²) in [4.78, 5) is 2.24. The Hall–Kier alpha value is -1.20. The fourth-order valence-electron chi connectivity index (χ4n) is 2.60. The predicted octanol–water partition coefficient (Wildman–Crippen LogP) is 2.72. The normalized spacial score (nSPS) is 17.1. The Labute approximate surface area is 125 Å². The van der Waals surface area contributed by atoms with Crippen molar-refractivity contribution in [3.63, 3.8) is 0 Å². The molecule has 5 heteroatoms. The first-order valence-corrected chi connectivity index (χ1v) is 7.68. The Morgan fingerprint density at radius 3 is 2.43 bits per heavy atom. The van der Waals surface area contributed by atoms with Crippen molar-refractivity contribution in [2.24, 2.45) is 5.73 Å². The van der Waals surface area contributed by atoms with Crippen molar-refractivity contribution in [3.8, 4) is 5.75 Å². The first-order chi connectivity index (χ1) is 10.1. The molecule has 1 fully saturated rings. The Balaban J connectivity index is 1.92. The smallest absolute Gasteiger partial charge is 0.190 e. The fraction of sp³-hybridized carbons (Fsp3) is 0.625. The molecule has 1 atom stereocenters. The highest BCUT2D eigenvalue weighted by Gasteiger charge is 2.15. The van der Waals surface area contributed by atoms with E-state index in [4.69, 9.17) is 10.5 Å². The van der Waals surface area contributed by atoms with Crippen LogP contribution in [0.1, 0.15) is 31.7 Å². The maximum atomic E-state index is 13.9. The van der Waals surface area contributed by atoms with Gasteiger partial charge in [-0.2, -0.15) is 0 Å². The number of hydrogen-bond acceptors (Lipinski definition) is 3. The van der Waals surface area contributed by atoms with E-state index in [9.17, 15) is 8.78 Å². The number of nitrogens with two attached hydrogens (primary N) is 1. The number of rotatable bonds is 7. The second kappa shape index (κ2) is 7.71. The maximum Gasteiger partial charge on any atom is 0.190 e. The summed E-state index contributed by atoms with van der Waals surface area (Å²) in [6.45, 7) is 5.06. The summed E-state index contributed by atoms with van der Waals surface area (Å²) < 4.78 is 33.2. The first kappa shape index (κ1) is 16.2. The number of likely N-dealkylation sites (tertiary alicyclic amines) is 1. The van der Waals surface area contributed by atoms with Crippen LogP contribution in [0.5, 0.6) is 5.75 Å². The number of benzene rings is 1. The standard InChI is InChI=1S/C16H24F2N2O/c1-2-13(19)9-12-10-14(17)16(15(18)11-12)21-8-7-20-5-3-4-6-20/h10-11,13H,2-9,19H2,1H3. The lowest BCUT2D eigenvalue weighted by atomic mass is 10.0. The van der Waals surface area contributed by atoms with E-state index in [1.807, 2.05) is 6.92 Å². The molecule has 1 heterocycles. The van der Waals surface area contributed by atoms with Gasteiger partial charge in [0.2, 0.25) is 0 Å². The monoisotopic (exact) mass is 298 g/mol. The molecule has 1 aromatic carbocycles. The molecular formula is C16H24F2N2O. The molecule has 2 N–H and O–H groups in total. The molecule has 0 aromatic heterocycles. The summed E-state index contributed by atoms with van der Waals surface area (Å²) in [5.74, 6) is -1.56. The van der Waals surface area contributed by atoms with Gasteiger partial charge in [-0.15, -0.1) is 0 Å². The third-order valence-corrected chi connectivity index (χ3v) is 3.93. The van der Waals surface area contributed by atoms with Crippen molar-refractivity contribution in [3.05, 3.63) is 29.3 Å². The topological polar surface area (TPSA) is 38.5 Å². The summed E-state index contributed by atoms with van der Waals surface area (Å²) in [5, 5.41) is 0. The molecule has 3 nitrogen and oxygen atoms in total. The molecule has 0 spiro atoms. The van der Waals surface area contributed by atoms with Crippen molar-refractivity contribution in [1.29, 1.82) is 0 Å². The van der Waals surface area contributed by atoms with Crippen molar-refractivity contribution in [2.75, 3.05) is 26.2 Å². The SMILES string of the molecule is CCC(N)Cc1cc(F)c(OCCN2CCCC2)c(F)c1. The minimum atomic E-state index is -0.644. The van der Waals surface area contributed by atoms with Gasteiger partial charge in [0.15, 0.2) is 17.4 Å². The molecule has 0 aliphatic carbocycles. The van der Waals surface area contributed by atoms with Crippen LogP contribution in [0.15, 0.2) is 12.1 Å². The van der Waals surface area contributed by atoms with Crippen molar-refractivity contribution >= 4 is 0 Å². The molecule has 1 unspecified atom stereocenters. The summed E-state index contributed by atoms with van der Waals surface area (Å²) in [6, 6.07) is 2.57. The predicted molar refractivity (Wildman–Crippen MR) is 79.5 cm³/mol. The largest absolute Gasteiger partial charge is 0.486 e. The summed E-state index contributed by atoms with van der Waals surface area (Å²) in [7, 11) is 0. The molecular weight excluding hydrogens is 274 g/mol. The van der Waals surface area contributed by atoms with Crippen LogP contribution in [0, 0.1) is 11.6 Å². The third kappa shape index (κ3) is 4.64. The van der Waals surface area contributed by atoms with E-state index < -0.39 is 11.6 Å². The van der Waals surface area contributed by atoms with Gasteiger partial charge in [0, 0.05) is 12.6 Å². The van der Waals surface area contributed by atoms with Crippen LogP contribution in [0.3, 0.4) is 0 Å². The maximum absolute atomic E-state index is 13.9. The average Bonchev–Trinajstić information content (AvgIpc) is 2.95. The van der Waals surface area contributed by atoms with Gasteiger partial charge in [0.25, 0.3) is 0 Å². The Morgan fingerprint density at radius 2 is 1.86 bits per heavy atom. The molecule has 2 rings (SSSR count). The first-order valence-electron chi connectivity index (χ1n) is 7.68. The van der Waals surface area contributed by atoms with Crippen LogP contribution in [0.4, 0.5) is 8.78 Å². The Morgan fingerprint density at radius 1 is 1.24 bits per heavy atom. The van der Waals surface area contributed by atoms with Crippen LogP contribution < -0.4 is 10.5 Å². The minimum Gasteiger partial charge on any atom is -0.486 e. The Bertz CT molecular complexity index is 439. The average molecular weight is 298 g/mol. The Kier molecular flexibility index (Phi) is 5.94. The molecule has 1 aliphatic rings. The van der Waals surface area contributed by atoms with Crippen molar-refractivity contribution in [2.45, 2.75) is 38.6 Å². The van der Waals surface area contributed by atoms with E-state index in [1.54, 1.807) is 0 Å². The summed E-state index contributed by atoms with van der Waals surface area (Å²) >= 11 is 0. The highest BCUT2D eigenvalue weighted by Crippen LogP contribution is 2.24. The second-order valence-electron chi connectivity index (χ2n) is 5.66. The number of hydrogen-bond donors (Lipinski definition) is 1. The van der Waals surface area contributed by atoms with Gasteiger partial charge in [-0.25, -0.2) is 8.78 Å². The minimum absolute atomic E-state index is 0.0780. The van der Waals surface area contributed by atoms with E-state index >= 15 is 0 Å². The second-order valence-corrected chi connectivity index (χ2v) is 5.66. The fourth-order valence-corrected chi connectivity index (χ4v) is 2.60. The molecule has 1 aliphatic heterocycles. The summed E-state index contributed by atoms with van der Waals surface area (Å²) in [6.07, 6.45) is 3.62. The van der Waals surface area contributed by atoms with Gasteiger partial charge in [-0.1, -0.05) is 6.92 Å². The van der Waals surface area contributed by atoms with Gasteiger partial charge in [0.1, 0.15) is 6.61 Å². The third-order valence-electron chi connectivity index (χ3n) is 3.93. The van der Waals surface area contributed by atoms with Crippen LogP contribution in [0.25, 0.3) is 0 Å². The van der Waals surface area contributed by atoms with Gasteiger partial charge >= 0.3 is 0 Å². The number of ether oxygens (including phenoxy) is 1. The lowest BCUT2D eigenvalue weighted by Gasteiger charge is -2.16. The van der Waals surface area contributed by atoms with Crippen LogP contribution in [-0.4, -0.2) is 37.2 Å². The lowest BCUT2D eigenvalue weighted by Crippen LogP contribution is -2.25. The van der Waals surface area contributed by atoms with E-state index in [1.165, 1.54) is 25.0 Å². The zero-order valence-corrected chi connectivity index (χ0v) is 12.6. The zero-order chi connectivity index (χ0) is 15.2. The van der Waals surface area contributed by atoms with Gasteiger partial charge < -0.3 is 10.5 Å². The highest BCUT2D eigenvalue weighted by molar-refractivity contribution is 5.31. The quantitative estimate of drug-likeness (QED) is 0.841. The molecule has 0 radical (unpaired) electrons. The molecule has 1 aromatic rings. The summed E-state index contributed by atoms with van der Waals surface area (Å²) in [5.41, 5.74) is 6.39. The van der Waals surface area contributed by atoms with Gasteiger partial charge in [-0.3, -0.25) is 4.90 Å². The number of halogens is 2. The van der Waals surface area contributed by atoms with E-state index in [-0.39, 0.29) is 11.8 Å². The molecule has 0 saturated carbocycles. The zero-order valence-electron chi connectivity index (χ0n) is 12.6. The molecule has 21 heavy (non-hydrogen) atoms. The van der Waals surface area contributed by atoms with Crippen molar-refractivity contribution < 1.29 is 13.5 Å². The molecule has 0 amide bonds. The van der Waals surface area contributed by atoms with E-state index in [0.29, 0.717) is 25.1 Å². The molecule has 0 bridgehead atoms. The van der Waals surface area contributed by atoms with Crippen LogP contribution in [-0.2, 0) is 6.42 Å². The van der Waals surface area contributed by atoms with Gasteiger partial charge in [0.05, 0.1) is 0 Å². The van der Waals surface area contributed by atoms with Gasteiger partial charge in [-0.05, 0) is 56.5 Å². The molecule has 118 valence electrons. The van der Waals surface area contributed by atoms with Crippen LogP contribution in [0.2, 0.25) is 0 Å². The lowest BCUT2D eigenvalue weighted by molar-refractivity contribution is 0.223. The number of nitrogens with zero attached hydrogens (tertiary/aromatic N) is 1. The highest BCUT2D eigenvalue weighted by atomic mass is 19.1. The van der Waals surface area contributed by atoms with Crippen LogP contribution >= 0.6 is 0 Å². The van der Waals surface area contributed by atoms with E-state index in [0.717, 1.165) is 19.5 Å². The molecule has 1 saturated heterocycles.